The van der Waals surface area contributed by atoms with Crippen molar-refractivity contribution in [2.75, 3.05) is 0 Å². The van der Waals surface area contributed by atoms with Crippen molar-refractivity contribution in [1.82, 2.24) is 0 Å². The minimum atomic E-state index is -4.67. The summed E-state index contributed by atoms with van der Waals surface area (Å²) < 4.78 is 33.0. The van der Waals surface area contributed by atoms with Gasteiger partial charge in [-0.2, -0.15) is 0 Å². The van der Waals surface area contributed by atoms with Crippen molar-refractivity contribution in [1.29, 1.82) is 0 Å². The maximum atomic E-state index is 12.3. The van der Waals surface area contributed by atoms with Crippen LogP contribution in [0.4, 0.5) is 0 Å². The van der Waals surface area contributed by atoms with Gasteiger partial charge in [-0.1, -0.05) is 24.3 Å². The van der Waals surface area contributed by atoms with Crippen LogP contribution in [0.15, 0.2) is 47.4 Å². The summed E-state index contributed by atoms with van der Waals surface area (Å²) in [6.07, 6.45) is 0. The average Bonchev–Trinajstić information content (AvgIpc) is 2.43. The Hall–Kier alpha value is -1.35. The first-order valence-electron chi connectivity index (χ1n) is 5.68. The van der Waals surface area contributed by atoms with E-state index in [4.69, 9.17) is 0 Å². The molecule has 0 spiro atoms. The quantitative estimate of drug-likeness (QED) is 0.362. The van der Waals surface area contributed by atoms with E-state index in [0.29, 0.717) is 0 Å². The number of hydrogen-bond acceptors (Lipinski definition) is 5. The molecule has 6 nitrogen and oxygen atoms in total. The van der Waals surface area contributed by atoms with Gasteiger partial charge in [-0.15, -0.1) is 0 Å². The van der Waals surface area contributed by atoms with Crippen LogP contribution in [-0.4, -0.2) is 30.0 Å². The number of fused-ring (bicyclic) bond motifs is 2. The molecule has 22 heavy (non-hydrogen) atoms. The Labute approximate surface area is 148 Å². The SMILES string of the molecule is O.O=C1c2ccccc2C(=O)c2cc(S(=O)(=O)[O-])ccc21.[Na+]. The van der Waals surface area contributed by atoms with Crippen LogP contribution in [0.5, 0.6) is 0 Å². The van der Waals surface area contributed by atoms with Crippen LogP contribution in [0.2, 0.25) is 0 Å². The standard InChI is InChI=1S/C14H8O5S.Na.H2O/c15-13-9-3-1-2-4-10(9)14(16)12-7-8(20(17,18)19)5-6-11(12)13;;/h1-7H,(H,17,18,19);;1H2/q;+1;/p-1. The van der Waals surface area contributed by atoms with E-state index < -0.39 is 20.8 Å². The first-order valence-corrected chi connectivity index (χ1v) is 7.09. The van der Waals surface area contributed by atoms with E-state index in [-0.39, 0.29) is 63.1 Å². The zero-order valence-electron chi connectivity index (χ0n) is 11.5. The molecule has 1 aliphatic rings. The minimum absolute atomic E-state index is 0. The fraction of sp³-hybridized carbons (Fsp3) is 0. The molecule has 8 heteroatoms. The molecule has 0 aromatic heterocycles. The third-order valence-corrected chi connectivity index (χ3v) is 4.02. The van der Waals surface area contributed by atoms with Crippen LogP contribution >= 0.6 is 0 Å². The van der Waals surface area contributed by atoms with Gasteiger partial charge in [-0.05, 0) is 18.2 Å². The Morgan fingerprint density at radius 1 is 0.773 bits per heavy atom. The van der Waals surface area contributed by atoms with E-state index in [1.807, 2.05) is 0 Å². The van der Waals surface area contributed by atoms with Gasteiger partial charge >= 0.3 is 29.6 Å². The fourth-order valence-electron chi connectivity index (χ4n) is 2.23. The molecule has 0 atom stereocenters. The predicted octanol–water partition coefficient (Wildman–Crippen LogP) is -2.45. The average molecular weight is 328 g/mol. The maximum Gasteiger partial charge on any atom is 1.00 e. The molecular weight excluding hydrogens is 319 g/mol. The molecular formula is C14H9NaO6S. The summed E-state index contributed by atoms with van der Waals surface area (Å²) in [4.78, 5) is 24.0. The van der Waals surface area contributed by atoms with Crippen LogP contribution in [-0.2, 0) is 10.1 Å². The topological polar surface area (TPSA) is 123 Å². The van der Waals surface area contributed by atoms with Gasteiger partial charge in [-0.25, -0.2) is 8.42 Å². The van der Waals surface area contributed by atoms with Gasteiger partial charge in [0.15, 0.2) is 11.6 Å². The molecule has 2 aromatic carbocycles. The normalized spacial score (nSPS) is 12.6. The molecule has 3 rings (SSSR count). The summed E-state index contributed by atoms with van der Waals surface area (Å²) in [7, 11) is -4.67. The number of benzene rings is 2. The van der Waals surface area contributed by atoms with E-state index >= 15 is 0 Å². The van der Waals surface area contributed by atoms with Crippen molar-refractivity contribution in [3.8, 4) is 0 Å². The number of rotatable bonds is 1. The van der Waals surface area contributed by atoms with E-state index in [9.17, 15) is 22.6 Å². The zero-order valence-corrected chi connectivity index (χ0v) is 14.3. The van der Waals surface area contributed by atoms with E-state index in [0.717, 1.165) is 12.1 Å². The predicted molar refractivity (Wildman–Crippen MR) is 71.3 cm³/mol. The minimum Gasteiger partial charge on any atom is -0.744 e. The molecule has 0 amide bonds. The maximum absolute atomic E-state index is 12.3. The third kappa shape index (κ3) is 2.91. The van der Waals surface area contributed by atoms with Crippen molar-refractivity contribution >= 4 is 21.7 Å². The largest absolute Gasteiger partial charge is 1.00 e. The monoisotopic (exact) mass is 328 g/mol. The summed E-state index contributed by atoms with van der Waals surface area (Å²) in [6.45, 7) is 0. The number of hydrogen-bond donors (Lipinski definition) is 0. The Morgan fingerprint density at radius 3 is 1.73 bits per heavy atom. The Balaban J connectivity index is 0.00000121. The molecule has 0 saturated heterocycles. The molecule has 0 radical (unpaired) electrons. The molecule has 0 fully saturated rings. The Morgan fingerprint density at radius 2 is 1.23 bits per heavy atom. The van der Waals surface area contributed by atoms with Crippen molar-refractivity contribution in [2.45, 2.75) is 4.90 Å². The Bertz CT molecular complexity index is 873. The van der Waals surface area contributed by atoms with Crippen LogP contribution in [0, 0.1) is 0 Å². The number of carbonyl (C=O) groups is 2. The van der Waals surface area contributed by atoms with E-state index in [2.05, 4.69) is 0 Å². The van der Waals surface area contributed by atoms with Crippen molar-refractivity contribution in [2.24, 2.45) is 0 Å². The molecule has 1 aliphatic carbocycles. The molecule has 0 unspecified atom stereocenters. The van der Waals surface area contributed by atoms with Gasteiger partial charge in [0, 0.05) is 22.3 Å². The summed E-state index contributed by atoms with van der Waals surface area (Å²) in [6, 6.07) is 9.51. The second kappa shape index (κ2) is 6.41. The van der Waals surface area contributed by atoms with Crippen LogP contribution in [0.3, 0.4) is 0 Å². The van der Waals surface area contributed by atoms with Gasteiger partial charge in [0.25, 0.3) is 0 Å². The molecule has 108 valence electrons. The zero-order chi connectivity index (χ0) is 14.5. The van der Waals surface area contributed by atoms with Crippen molar-refractivity contribution in [3.05, 3.63) is 64.7 Å². The molecule has 2 N–H and O–H groups in total. The van der Waals surface area contributed by atoms with Crippen molar-refractivity contribution in [3.63, 3.8) is 0 Å². The molecule has 0 bridgehead atoms. The molecule has 0 heterocycles. The van der Waals surface area contributed by atoms with E-state index in [1.54, 1.807) is 12.1 Å². The second-order valence-corrected chi connectivity index (χ2v) is 5.74. The van der Waals surface area contributed by atoms with Crippen LogP contribution in [0.25, 0.3) is 0 Å². The first-order chi connectivity index (χ1) is 9.39. The van der Waals surface area contributed by atoms with Crippen LogP contribution < -0.4 is 29.6 Å². The van der Waals surface area contributed by atoms with Crippen LogP contribution in [0.1, 0.15) is 31.8 Å². The Kier molecular flexibility index (Phi) is 5.45. The third-order valence-electron chi connectivity index (χ3n) is 3.19. The fourth-order valence-corrected chi connectivity index (χ4v) is 2.73. The summed E-state index contributed by atoms with van der Waals surface area (Å²) in [5.74, 6) is -0.814. The van der Waals surface area contributed by atoms with Gasteiger partial charge in [-0.3, -0.25) is 9.59 Å². The number of ketones is 2. The van der Waals surface area contributed by atoms with Gasteiger partial charge in [0.1, 0.15) is 10.1 Å². The summed E-state index contributed by atoms with van der Waals surface area (Å²) >= 11 is 0. The molecule has 2 aromatic rings. The first kappa shape index (κ1) is 18.7. The number of carbonyl (C=O) groups excluding carboxylic acids is 2. The molecule has 0 aliphatic heterocycles. The van der Waals surface area contributed by atoms with Gasteiger partial charge < -0.3 is 10.0 Å². The molecule has 0 saturated carbocycles. The summed E-state index contributed by atoms with van der Waals surface area (Å²) in [5.41, 5.74) is 0.555. The smallest absolute Gasteiger partial charge is 0.744 e. The van der Waals surface area contributed by atoms with Gasteiger partial charge in [0.2, 0.25) is 0 Å². The second-order valence-electron chi connectivity index (χ2n) is 4.37. The van der Waals surface area contributed by atoms with E-state index in [1.165, 1.54) is 18.2 Å². The van der Waals surface area contributed by atoms with Crippen molar-refractivity contribution < 1.29 is 57.6 Å². The van der Waals surface area contributed by atoms with Gasteiger partial charge in [0.05, 0.1) is 4.90 Å². The summed E-state index contributed by atoms with van der Waals surface area (Å²) in [5, 5.41) is 0.